The van der Waals surface area contributed by atoms with Crippen molar-refractivity contribution < 1.29 is 18.1 Å². The molecule has 5 nitrogen and oxygen atoms in total. The third-order valence-corrected chi connectivity index (χ3v) is 3.81. The van der Waals surface area contributed by atoms with E-state index in [0.717, 1.165) is 6.07 Å². The molecule has 0 saturated carbocycles. The summed E-state index contributed by atoms with van der Waals surface area (Å²) in [6.45, 7) is 2.72. The fourth-order valence-electron chi connectivity index (χ4n) is 2.58. The van der Waals surface area contributed by atoms with Gasteiger partial charge in [-0.15, -0.1) is 0 Å². The van der Waals surface area contributed by atoms with Gasteiger partial charge in [-0.25, -0.2) is 0 Å². The van der Waals surface area contributed by atoms with E-state index in [1.54, 1.807) is 4.90 Å². The molecule has 2 rings (SSSR count). The minimum Gasteiger partial charge on any atom is -0.371 e. The molecule has 1 aliphatic rings. The van der Waals surface area contributed by atoms with Crippen LogP contribution in [0.5, 0.6) is 0 Å². The second-order valence-corrected chi connectivity index (χ2v) is 5.31. The molecule has 2 N–H and O–H groups in total. The molecule has 116 valence electrons. The second kappa shape index (κ2) is 5.51. The number of benzene rings is 1. The maximum absolute atomic E-state index is 13.1. The van der Waals surface area contributed by atoms with Gasteiger partial charge in [0.2, 0.25) is 0 Å². The number of nitrogens with two attached hydrogens (primary N) is 1. The summed E-state index contributed by atoms with van der Waals surface area (Å²) in [6.07, 6.45) is -3.92. The van der Waals surface area contributed by atoms with E-state index in [0.29, 0.717) is 25.6 Å². The first kappa shape index (κ1) is 15.6. The number of rotatable bonds is 3. The van der Waals surface area contributed by atoms with Crippen LogP contribution in [0.1, 0.15) is 18.9 Å². The van der Waals surface area contributed by atoms with E-state index in [4.69, 9.17) is 5.73 Å². The molecule has 0 bridgehead atoms. The van der Waals surface area contributed by atoms with E-state index < -0.39 is 22.4 Å². The summed E-state index contributed by atoms with van der Waals surface area (Å²) >= 11 is 0. The lowest BCUT2D eigenvalue weighted by Gasteiger charge is -2.23. The Balaban J connectivity index is 2.38. The minimum atomic E-state index is -4.63. The van der Waals surface area contributed by atoms with Gasteiger partial charge in [0.1, 0.15) is 0 Å². The van der Waals surface area contributed by atoms with Crippen molar-refractivity contribution in [2.45, 2.75) is 25.6 Å². The third kappa shape index (κ3) is 3.26. The number of nitro groups is 1. The zero-order chi connectivity index (χ0) is 15.8. The standard InChI is InChI=1S/C13H16F3N3O2/c1-8(17)9-4-5-18(7-9)12-3-2-10(19(20)21)6-11(12)13(14,15)16/h2-3,6,8-9H,4-5,7,17H2,1H3. The summed E-state index contributed by atoms with van der Waals surface area (Å²) in [5.74, 6) is 0.126. The fourth-order valence-corrected chi connectivity index (χ4v) is 2.58. The first-order valence-corrected chi connectivity index (χ1v) is 6.56. The summed E-state index contributed by atoms with van der Waals surface area (Å²) in [6, 6.07) is 2.77. The van der Waals surface area contributed by atoms with Gasteiger partial charge in [-0.1, -0.05) is 0 Å². The fraction of sp³-hybridized carbons (Fsp3) is 0.538. The Hall–Kier alpha value is -1.83. The topological polar surface area (TPSA) is 72.4 Å². The van der Waals surface area contributed by atoms with Gasteiger partial charge in [0, 0.05) is 37.0 Å². The molecule has 0 aromatic heterocycles. The minimum absolute atomic E-state index is 0.0174. The van der Waals surface area contributed by atoms with E-state index in [-0.39, 0.29) is 17.6 Å². The zero-order valence-electron chi connectivity index (χ0n) is 11.4. The van der Waals surface area contributed by atoms with Crippen LogP contribution in [-0.4, -0.2) is 24.1 Å². The Labute approximate surface area is 119 Å². The highest BCUT2D eigenvalue weighted by Gasteiger charge is 2.38. The number of hydrogen-bond donors (Lipinski definition) is 1. The summed E-state index contributed by atoms with van der Waals surface area (Å²) in [4.78, 5) is 11.4. The van der Waals surface area contributed by atoms with E-state index in [2.05, 4.69) is 0 Å². The van der Waals surface area contributed by atoms with E-state index in [1.165, 1.54) is 6.07 Å². The van der Waals surface area contributed by atoms with Crippen molar-refractivity contribution in [2.24, 2.45) is 11.7 Å². The van der Waals surface area contributed by atoms with Crippen molar-refractivity contribution in [1.82, 2.24) is 0 Å². The monoisotopic (exact) mass is 303 g/mol. The van der Waals surface area contributed by atoms with Crippen molar-refractivity contribution >= 4 is 11.4 Å². The van der Waals surface area contributed by atoms with Crippen molar-refractivity contribution in [2.75, 3.05) is 18.0 Å². The lowest BCUT2D eigenvalue weighted by Crippen LogP contribution is -2.30. The van der Waals surface area contributed by atoms with Gasteiger partial charge in [-0.3, -0.25) is 10.1 Å². The lowest BCUT2D eigenvalue weighted by atomic mass is 10.0. The predicted molar refractivity (Wildman–Crippen MR) is 72.1 cm³/mol. The molecule has 0 aliphatic carbocycles. The normalized spacial score (nSPS) is 20.6. The van der Waals surface area contributed by atoms with Gasteiger partial charge in [0.15, 0.2) is 0 Å². The van der Waals surface area contributed by atoms with Crippen LogP contribution < -0.4 is 10.6 Å². The summed E-state index contributed by atoms with van der Waals surface area (Å²) in [7, 11) is 0. The molecule has 2 unspecified atom stereocenters. The van der Waals surface area contributed by atoms with Crippen LogP contribution in [0, 0.1) is 16.0 Å². The number of non-ortho nitro benzene ring substituents is 1. The molecule has 0 spiro atoms. The predicted octanol–water partition coefficient (Wildman–Crippen LogP) is 2.79. The Kier molecular flexibility index (Phi) is 4.08. The molecule has 1 fully saturated rings. The third-order valence-electron chi connectivity index (χ3n) is 3.81. The van der Waals surface area contributed by atoms with Crippen LogP contribution in [0.25, 0.3) is 0 Å². The average Bonchev–Trinajstić information content (AvgIpc) is 2.86. The van der Waals surface area contributed by atoms with Crippen molar-refractivity contribution in [3.05, 3.63) is 33.9 Å². The molecule has 1 aliphatic heterocycles. The molecule has 0 amide bonds. The highest BCUT2D eigenvalue weighted by atomic mass is 19.4. The molecule has 1 aromatic rings. The number of nitrogens with zero attached hydrogens (tertiary/aromatic N) is 2. The Morgan fingerprint density at radius 2 is 2.14 bits per heavy atom. The van der Waals surface area contributed by atoms with Crippen LogP contribution in [-0.2, 0) is 6.18 Å². The Bertz CT molecular complexity index is 546. The van der Waals surface area contributed by atoms with Crippen LogP contribution in [0.3, 0.4) is 0 Å². The summed E-state index contributed by atoms with van der Waals surface area (Å²) < 4.78 is 39.4. The highest BCUT2D eigenvalue weighted by Crippen LogP contribution is 2.40. The van der Waals surface area contributed by atoms with E-state index in [9.17, 15) is 23.3 Å². The molecule has 1 heterocycles. The maximum atomic E-state index is 13.1. The van der Waals surface area contributed by atoms with Crippen LogP contribution in [0.4, 0.5) is 24.5 Å². The lowest BCUT2D eigenvalue weighted by molar-refractivity contribution is -0.385. The van der Waals surface area contributed by atoms with Crippen molar-refractivity contribution in [3.63, 3.8) is 0 Å². The van der Waals surface area contributed by atoms with Crippen LogP contribution >= 0.6 is 0 Å². The van der Waals surface area contributed by atoms with Gasteiger partial charge in [-0.05, 0) is 25.3 Å². The Morgan fingerprint density at radius 3 is 2.62 bits per heavy atom. The molecule has 1 saturated heterocycles. The molecular weight excluding hydrogens is 287 g/mol. The SMILES string of the molecule is CC(N)C1CCN(c2ccc([N+](=O)[O-])cc2C(F)(F)F)C1. The smallest absolute Gasteiger partial charge is 0.371 e. The summed E-state index contributed by atoms with van der Waals surface area (Å²) in [5, 5.41) is 10.7. The highest BCUT2D eigenvalue weighted by molar-refractivity contribution is 5.59. The Morgan fingerprint density at radius 1 is 1.48 bits per heavy atom. The number of anilines is 1. The van der Waals surface area contributed by atoms with Crippen LogP contribution in [0.2, 0.25) is 0 Å². The largest absolute Gasteiger partial charge is 0.418 e. The molecule has 21 heavy (non-hydrogen) atoms. The van der Waals surface area contributed by atoms with E-state index in [1.807, 2.05) is 6.92 Å². The van der Waals surface area contributed by atoms with E-state index >= 15 is 0 Å². The van der Waals surface area contributed by atoms with Gasteiger partial charge in [-0.2, -0.15) is 13.2 Å². The van der Waals surface area contributed by atoms with Gasteiger partial charge < -0.3 is 10.6 Å². The summed E-state index contributed by atoms with van der Waals surface area (Å²) in [5.41, 5.74) is 4.24. The van der Waals surface area contributed by atoms with Gasteiger partial charge >= 0.3 is 6.18 Å². The quantitative estimate of drug-likeness (QED) is 0.688. The molecule has 1 aromatic carbocycles. The molecule has 8 heteroatoms. The molecule has 0 radical (unpaired) electrons. The number of alkyl halides is 3. The first-order valence-electron chi connectivity index (χ1n) is 6.56. The second-order valence-electron chi connectivity index (χ2n) is 5.31. The van der Waals surface area contributed by atoms with Crippen molar-refractivity contribution in [3.8, 4) is 0 Å². The number of halogens is 3. The maximum Gasteiger partial charge on any atom is 0.418 e. The van der Waals surface area contributed by atoms with Crippen molar-refractivity contribution in [1.29, 1.82) is 0 Å². The van der Waals surface area contributed by atoms with Crippen LogP contribution in [0.15, 0.2) is 18.2 Å². The molecule has 2 atom stereocenters. The molecular formula is C13H16F3N3O2. The van der Waals surface area contributed by atoms with Gasteiger partial charge in [0.05, 0.1) is 10.5 Å². The number of nitro benzene ring substituents is 1. The average molecular weight is 303 g/mol. The first-order chi connectivity index (χ1) is 9.70. The zero-order valence-corrected chi connectivity index (χ0v) is 11.4. The number of hydrogen-bond acceptors (Lipinski definition) is 4. The van der Waals surface area contributed by atoms with Gasteiger partial charge in [0.25, 0.3) is 5.69 Å².